The van der Waals surface area contributed by atoms with Gasteiger partial charge in [0.15, 0.2) is 5.13 Å². The summed E-state index contributed by atoms with van der Waals surface area (Å²) in [6.45, 7) is 9.99. The lowest BCUT2D eigenvalue weighted by Gasteiger charge is -2.23. The van der Waals surface area contributed by atoms with Crippen molar-refractivity contribution in [3.63, 3.8) is 0 Å². The van der Waals surface area contributed by atoms with Gasteiger partial charge in [-0.25, -0.2) is 4.98 Å². The van der Waals surface area contributed by atoms with Crippen LogP contribution >= 0.6 is 11.3 Å². The number of rotatable bonds is 4. The monoisotopic (exact) mass is 446 g/mol. The number of hydrogen-bond acceptors (Lipinski definition) is 5. The summed E-state index contributed by atoms with van der Waals surface area (Å²) in [4.78, 5) is 33.3. The molecule has 6 heteroatoms. The Hall–Kier alpha value is -3.25. The zero-order valence-electron chi connectivity index (χ0n) is 18.8. The van der Waals surface area contributed by atoms with E-state index in [1.807, 2.05) is 57.2 Å². The van der Waals surface area contributed by atoms with Crippen LogP contribution in [0.3, 0.4) is 0 Å². The molecule has 1 aliphatic rings. The molecule has 1 N–H and O–H groups in total. The van der Waals surface area contributed by atoms with Crippen molar-refractivity contribution in [3.05, 3.63) is 86.9 Å². The van der Waals surface area contributed by atoms with Crippen LogP contribution in [-0.4, -0.2) is 21.8 Å². The zero-order chi connectivity index (χ0) is 23.2. The molecule has 0 saturated carbocycles. The molecule has 0 radical (unpaired) electrons. The highest BCUT2D eigenvalue weighted by atomic mass is 32.1. The van der Waals surface area contributed by atoms with Crippen molar-refractivity contribution in [1.29, 1.82) is 0 Å². The van der Waals surface area contributed by atoms with Crippen molar-refractivity contribution in [2.45, 2.75) is 46.6 Å². The van der Waals surface area contributed by atoms with E-state index >= 15 is 0 Å². The molecule has 5 nitrogen and oxygen atoms in total. The van der Waals surface area contributed by atoms with Gasteiger partial charge < -0.3 is 5.11 Å². The molecule has 0 spiro atoms. The number of nitrogens with zero attached hydrogens (tertiary/aromatic N) is 2. The van der Waals surface area contributed by atoms with Crippen LogP contribution < -0.4 is 4.90 Å². The number of Topliss-reactive ketones (excluding diaryl/α,β-unsaturated/α-hetero) is 1. The molecule has 1 aliphatic heterocycles. The second-order valence-corrected chi connectivity index (χ2v) is 9.68. The van der Waals surface area contributed by atoms with Gasteiger partial charge in [-0.05, 0) is 37.8 Å². The highest BCUT2D eigenvalue weighted by molar-refractivity contribution is 7.16. The minimum absolute atomic E-state index is 0.0849. The SMILES string of the molecule is Cc1ccc(/C(O)=C2\C(=O)C(=O)N(c3nc(C)c(C)s3)[C@@H]2c2ccc(C(C)C)cc2)cc1. The normalized spacial score (nSPS) is 18.1. The highest BCUT2D eigenvalue weighted by Crippen LogP contribution is 2.43. The molecular weight excluding hydrogens is 420 g/mol. The minimum Gasteiger partial charge on any atom is -0.507 e. The average Bonchev–Trinajstić information content (AvgIpc) is 3.23. The summed E-state index contributed by atoms with van der Waals surface area (Å²) in [6, 6.07) is 14.4. The smallest absolute Gasteiger partial charge is 0.301 e. The van der Waals surface area contributed by atoms with Gasteiger partial charge in [-0.3, -0.25) is 14.5 Å². The van der Waals surface area contributed by atoms with Crippen LogP contribution in [0.5, 0.6) is 0 Å². The molecule has 1 aromatic heterocycles. The third kappa shape index (κ3) is 3.75. The Balaban J connectivity index is 1.92. The van der Waals surface area contributed by atoms with Crippen molar-refractivity contribution in [2.75, 3.05) is 4.90 Å². The fraction of sp³-hybridized carbons (Fsp3) is 0.269. The van der Waals surface area contributed by atoms with E-state index in [9.17, 15) is 14.7 Å². The Bertz CT molecular complexity index is 1200. The standard InChI is InChI=1S/C26H26N2O3S/c1-14(2)18-10-12-19(13-11-18)22-21(23(29)20-8-6-15(3)7-9-20)24(30)25(31)28(22)26-27-16(4)17(5)32-26/h6-14,22,29H,1-5H3/b23-21+/t22-/m1/s1. The number of aromatic nitrogens is 1. The molecule has 0 aliphatic carbocycles. The molecule has 2 heterocycles. The van der Waals surface area contributed by atoms with Crippen LogP contribution in [0.1, 0.15) is 58.6 Å². The molecule has 2 aromatic carbocycles. The number of thiazole rings is 1. The quantitative estimate of drug-likeness (QED) is 0.311. The maximum absolute atomic E-state index is 13.2. The van der Waals surface area contributed by atoms with Gasteiger partial charge in [0.2, 0.25) is 0 Å². The summed E-state index contributed by atoms with van der Waals surface area (Å²) in [5.74, 6) is -1.20. The summed E-state index contributed by atoms with van der Waals surface area (Å²) in [7, 11) is 0. The lowest BCUT2D eigenvalue weighted by atomic mass is 9.93. The van der Waals surface area contributed by atoms with E-state index in [1.165, 1.54) is 16.2 Å². The van der Waals surface area contributed by atoms with Gasteiger partial charge in [0.25, 0.3) is 5.78 Å². The first-order chi connectivity index (χ1) is 15.2. The number of ketones is 1. The lowest BCUT2D eigenvalue weighted by Crippen LogP contribution is -2.29. The third-order valence-corrected chi connectivity index (χ3v) is 6.98. The van der Waals surface area contributed by atoms with E-state index in [2.05, 4.69) is 18.8 Å². The van der Waals surface area contributed by atoms with Gasteiger partial charge in [-0.15, -0.1) is 11.3 Å². The Morgan fingerprint density at radius 3 is 2.16 bits per heavy atom. The lowest BCUT2D eigenvalue weighted by molar-refractivity contribution is -0.132. The van der Waals surface area contributed by atoms with Crippen LogP contribution in [0.25, 0.3) is 5.76 Å². The van der Waals surface area contributed by atoms with Gasteiger partial charge in [0.05, 0.1) is 17.3 Å². The topological polar surface area (TPSA) is 70.5 Å². The minimum atomic E-state index is -0.748. The van der Waals surface area contributed by atoms with E-state index in [-0.39, 0.29) is 11.3 Å². The predicted octanol–water partition coefficient (Wildman–Crippen LogP) is 5.82. The first-order valence-electron chi connectivity index (χ1n) is 10.6. The molecule has 4 rings (SSSR count). The Morgan fingerprint density at radius 2 is 1.62 bits per heavy atom. The summed E-state index contributed by atoms with van der Waals surface area (Å²) >= 11 is 1.37. The van der Waals surface area contributed by atoms with E-state index in [0.717, 1.165) is 27.3 Å². The first-order valence-corrected chi connectivity index (χ1v) is 11.4. The molecule has 3 aromatic rings. The van der Waals surface area contributed by atoms with Crippen molar-refractivity contribution < 1.29 is 14.7 Å². The van der Waals surface area contributed by atoms with Gasteiger partial charge in [-0.2, -0.15) is 0 Å². The number of anilines is 1. The Labute approximate surface area is 192 Å². The number of aryl methyl sites for hydroxylation is 3. The molecule has 1 amide bonds. The van der Waals surface area contributed by atoms with Crippen LogP contribution in [0.2, 0.25) is 0 Å². The largest absolute Gasteiger partial charge is 0.507 e. The van der Waals surface area contributed by atoms with Crippen LogP contribution in [0, 0.1) is 20.8 Å². The summed E-state index contributed by atoms with van der Waals surface area (Å²) < 4.78 is 0. The fourth-order valence-corrected chi connectivity index (χ4v) is 4.77. The van der Waals surface area contributed by atoms with Crippen LogP contribution in [0.4, 0.5) is 5.13 Å². The zero-order valence-corrected chi connectivity index (χ0v) is 19.7. The Kier molecular flexibility index (Phi) is 5.73. The molecule has 1 atom stereocenters. The van der Waals surface area contributed by atoms with Crippen molar-refractivity contribution >= 4 is 33.9 Å². The summed E-state index contributed by atoms with van der Waals surface area (Å²) in [5.41, 5.74) is 4.36. The number of benzene rings is 2. The second kappa shape index (κ2) is 8.36. The molecule has 32 heavy (non-hydrogen) atoms. The molecule has 164 valence electrons. The fourth-order valence-electron chi connectivity index (χ4n) is 3.83. The average molecular weight is 447 g/mol. The van der Waals surface area contributed by atoms with E-state index < -0.39 is 17.7 Å². The molecule has 0 unspecified atom stereocenters. The number of aliphatic hydroxyl groups is 1. The second-order valence-electron chi connectivity index (χ2n) is 8.49. The van der Waals surface area contributed by atoms with E-state index in [0.29, 0.717) is 16.6 Å². The number of hydrogen-bond donors (Lipinski definition) is 1. The molecular formula is C26H26N2O3S. The van der Waals surface area contributed by atoms with Gasteiger partial charge >= 0.3 is 5.91 Å². The summed E-state index contributed by atoms with van der Waals surface area (Å²) in [5, 5.41) is 11.6. The number of carbonyl (C=O) groups is 2. The number of aliphatic hydroxyl groups excluding tert-OH is 1. The maximum Gasteiger partial charge on any atom is 0.301 e. The first kappa shape index (κ1) is 22.0. The number of carbonyl (C=O) groups excluding carboxylic acids is 2. The van der Waals surface area contributed by atoms with E-state index in [1.54, 1.807) is 12.1 Å². The van der Waals surface area contributed by atoms with E-state index in [4.69, 9.17) is 0 Å². The van der Waals surface area contributed by atoms with Crippen molar-refractivity contribution in [2.24, 2.45) is 0 Å². The van der Waals surface area contributed by atoms with Crippen LogP contribution in [0.15, 0.2) is 54.1 Å². The van der Waals surface area contributed by atoms with Crippen molar-refractivity contribution in [3.8, 4) is 0 Å². The molecule has 1 saturated heterocycles. The predicted molar refractivity (Wildman–Crippen MR) is 128 cm³/mol. The molecule has 1 fully saturated rings. The van der Waals surface area contributed by atoms with Gasteiger partial charge in [0, 0.05) is 10.4 Å². The maximum atomic E-state index is 13.2. The van der Waals surface area contributed by atoms with Crippen molar-refractivity contribution in [1.82, 2.24) is 4.98 Å². The number of amides is 1. The van der Waals surface area contributed by atoms with Gasteiger partial charge in [-0.1, -0.05) is 67.9 Å². The third-order valence-electron chi connectivity index (χ3n) is 5.91. The van der Waals surface area contributed by atoms with Gasteiger partial charge in [0.1, 0.15) is 5.76 Å². The highest BCUT2D eigenvalue weighted by Gasteiger charge is 2.48. The summed E-state index contributed by atoms with van der Waals surface area (Å²) in [6.07, 6.45) is 0. The Morgan fingerprint density at radius 1 is 1.00 bits per heavy atom. The molecule has 0 bridgehead atoms. The van der Waals surface area contributed by atoms with Crippen LogP contribution in [-0.2, 0) is 9.59 Å².